The fourth-order valence-electron chi connectivity index (χ4n) is 2.69. The molecule has 1 rings (SSSR count). The van der Waals surface area contributed by atoms with Crippen molar-refractivity contribution >= 4 is 42.3 Å². The molecule has 1 aliphatic heterocycles. The third kappa shape index (κ3) is 6.35. The van der Waals surface area contributed by atoms with E-state index >= 15 is 0 Å². The fraction of sp³-hybridized carbons (Fsp3) is 0.667. The van der Waals surface area contributed by atoms with Crippen LogP contribution in [-0.2, 0) is 24.0 Å². The van der Waals surface area contributed by atoms with Crippen LogP contribution in [0.5, 0.6) is 0 Å². The molecule has 0 aromatic heterocycles. The lowest BCUT2D eigenvalue weighted by atomic mass is 10.1. The van der Waals surface area contributed by atoms with Gasteiger partial charge in [-0.2, -0.15) is 12.6 Å². The van der Waals surface area contributed by atoms with Gasteiger partial charge in [0.1, 0.15) is 18.1 Å². The minimum atomic E-state index is -1.56. The lowest BCUT2D eigenvalue weighted by molar-refractivity contribution is -0.150. The summed E-state index contributed by atoms with van der Waals surface area (Å²) in [5.41, 5.74) is 5.47. The van der Waals surface area contributed by atoms with Gasteiger partial charge in [-0.3, -0.25) is 19.2 Å². The number of aliphatic hydroxyl groups is 1. The summed E-state index contributed by atoms with van der Waals surface area (Å²) in [6, 6.07) is -5.18. The summed E-state index contributed by atoms with van der Waals surface area (Å²) in [6.07, 6.45) is -0.158. The Kier molecular flexibility index (Phi) is 9.15. The Labute approximate surface area is 165 Å². The Morgan fingerprint density at radius 2 is 1.71 bits per heavy atom. The monoisotopic (exact) mass is 420 g/mol. The van der Waals surface area contributed by atoms with E-state index in [0.717, 1.165) is 4.90 Å². The number of nitrogens with two attached hydrogens (primary N) is 1. The molecule has 28 heavy (non-hydrogen) atoms. The predicted octanol–water partition coefficient (Wildman–Crippen LogP) is -3.24. The van der Waals surface area contributed by atoms with Crippen molar-refractivity contribution < 1.29 is 39.3 Å². The first-order valence-electron chi connectivity index (χ1n) is 8.45. The zero-order valence-corrected chi connectivity index (χ0v) is 15.8. The van der Waals surface area contributed by atoms with Crippen LogP contribution in [0.3, 0.4) is 0 Å². The number of carboxylic acids is 2. The number of hydrogen-bond donors (Lipinski definition) is 7. The van der Waals surface area contributed by atoms with Gasteiger partial charge in [0.25, 0.3) is 0 Å². The van der Waals surface area contributed by atoms with E-state index < -0.39 is 66.9 Å². The van der Waals surface area contributed by atoms with Crippen LogP contribution >= 0.6 is 12.6 Å². The highest BCUT2D eigenvalue weighted by Gasteiger charge is 2.39. The number of aliphatic carboxylic acids is 2. The van der Waals surface area contributed by atoms with E-state index in [1.165, 1.54) is 0 Å². The van der Waals surface area contributed by atoms with Crippen LogP contribution in [0.4, 0.5) is 0 Å². The second-order valence-electron chi connectivity index (χ2n) is 6.22. The number of rotatable bonds is 10. The van der Waals surface area contributed by atoms with E-state index in [-0.39, 0.29) is 18.7 Å². The van der Waals surface area contributed by atoms with Crippen LogP contribution in [0.15, 0.2) is 0 Å². The number of amides is 3. The molecule has 12 nitrogen and oxygen atoms in total. The minimum Gasteiger partial charge on any atom is -0.481 e. The average Bonchev–Trinajstić information content (AvgIpc) is 3.13. The molecule has 1 saturated heterocycles. The molecule has 0 aromatic rings. The highest BCUT2D eigenvalue weighted by Crippen LogP contribution is 2.19. The Morgan fingerprint density at radius 1 is 1.11 bits per heavy atom. The van der Waals surface area contributed by atoms with E-state index in [1.807, 2.05) is 0 Å². The second-order valence-corrected chi connectivity index (χ2v) is 6.58. The highest BCUT2D eigenvalue weighted by atomic mass is 32.1. The van der Waals surface area contributed by atoms with Gasteiger partial charge < -0.3 is 36.6 Å². The Balaban J connectivity index is 2.90. The molecule has 0 aliphatic carbocycles. The second kappa shape index (κ2) is 10.8. The number of nitrogens with zero attached hydrogens (tertiary/aromatic N) is 1. The molecule has 0 bridgehead atoms. The lowest BCUT2D eigenvalue weighted by Gasteiger charge is -2.27. The molecule has 1 heterocycles. The third-order valence-electron chi connectivity index (χ3n) is 4.16. The number of nitrogens with one attached hydrogen (secondary N) is 2. The molecule has 4 unspecified atom stereocenters. The molecule has 13 heteroatoms. The van der Waals surface area contributed by atoms with Crippen LogP contribution in [0, 0.1) is 0 Å². The average molecular weight is 420 g/mol. The first-order chi connectivity index (χ1) is 13.1. The smallest absolute Gasteiger partial charge is 0.326 e. The zero-order chi connectivity index (χ0) is 21.4. The molecule has 158 valence electrons. The quantitative estimate of drug-likeness (QED) is 0.177. The van der Waals surface area contributed by atoms with Gasteiger partial charge in [0.15, 0.2) is 0 Å². The normalized spacial score (nSPS) is 19.4. The topological polar surface area (TPSA) is 199 Å². The van der Waals surface area contributed by atoms with E-state index in [4.69, 9.17) is 10.8 Å². The van der Waals surface area contributed by atoms with Gasteiger partial charge in [0.2, 0.25) is 17.7 Å². The summed E-state index contributed by atoms with van der Waals surface area (Å²) in [5, 5.41) is 31.9. The van der Waals surface area contributed by atoms with Gasteiger partial charge in [-0.05, 0) is 12.8 Å². The van der Waals surface area contributed by atoms with Gasteiger partial charge in [-0.15, -0.1) is 0 Å². The van der Waals surface area contributed by atoms with Crippen molar-refractivity contribution in [3.8, 4) is 0 Å². The number of hydrogen-bond acceptors (Lipinski definition) is 8. The van der Waals surface area contributed by atoms with Crippen molar-refractivity contribution in [1.29, 1.82) is 0 Å². The van der Waals surface area contributed by atoms with Gasteiger partial charge in [-0.25, -0.2) is 4.79 Å². The molecule has 3 amide bonds. The lowest BCUT2D eigenvalue weighted by Crippen LogP contribution is -2.58. The summed E-state index contributed by atoms with van der Waals surface area (Å²) in [5.74, 6) is -5.28. The Hall–Kier alpha value is -2.38. The maximum absolute atomic E-state index is 12.6. The van der Waals surface area contributed by atoms with Crippen LogP contribution in [0.1, 0.15) is 19.3 Å². The van der Waals surface area contributed by atoms with E-state index in [0.29, 0.717) is 6.42 Å². The van der Waals surface area contributed by atoms with Crippen LogP contribution in [0.25, 0.3) is 0 Å². The fourth-order valence-corrected chi connectivity index (χ4v) is 2.86. The molecule has 0 radical (unpaired) electrons. The van der Waals surface area contributed by atoms with Crippen molar-refractivity contribution in [3.05, 3.63) is 0 Å². The van der Waals surface area contributed by atoms with Crippen LogP contribution < -0.4 is 16.4 Å². The van der Waals surface area contributed by atoms with Crippen molar-refractivity contribution in [2.24, 2.45) is 5.73 Å². The maximum atomic E-state index is 12.6. The van der Waals surface area contributed by atoms with Crippen LogP contribution in [-0.4, -0.2) is 93.0 Å². The molecule has 4 atom stereocenters. The van der Waals surface area contributed by atoms with Crippen molar-refractivity contribution in [2.75, 3.05) is 18.9 Å². The van der Waals surface area contributed by atoms with Crippen LogP contribution in [0.2, 0.25) is 0 Å². The molecular formula is C15H24N4O8S. The molecule has 7 N–H and O–H groups in total. The number of thiol groups is 1. The zero-order valence-electron chi connectivity index (χ0n) is 14.9. The van der Waals surface area contributed by atoms with Crippen molar-refractivity contribution in [1.82, 2.24) is 15.5 Å². The highest BCUT2D eigenvalue weighted by molar-refractivity contribution is 7.80. The summed E-state index contributed by atoms with van der Waals surface area (Å²) >= 11 is 3.84. The van der Waals surface area contributed by atoms with Gasteiger partial charge >= 0.3 is 11.9 Å². The third-order valence-corrected chi connectivity index (χ3v) is 4.56. The van der Waals surface area contributed by atoms with Gasteiger partial charge in [0, 0.05) is 12.3 Å². The molecule has 0 saturated carbocycles. The summed E-state index contributed by atoms with van der Waals surface area (Å²) in [4.78, 5) is 60.1. The minimum absolute atomic E-state index is 0.0166. The molecule has 0 aromatic carbocycles. The number of likely N-dealkylation sites (tertiary alicyclic amines) is 1. The largest absolute Gasteiger partial charge is 0.481 e. The standard InChI is InChI=1S/C15H24N4O8S/c16-7(6-28)12(23)18-9(5-20)13(24)17-8(4-11(21)22)14(25)19-3-1-2-10(19)15(26)27/h7-10,20,28H,1-6,16H2,(H,17,24)(H,18,23)(H,21,22)(H,26,27). The predicted molar refractivity (Wildman–Crippen MR) is 97.4 cm³/mol. The Morgan fingerprint density at radius 3 is 2.21 bits per heavy atom. The summed E-state index contributed by atoms with van der Waals surface area (Å²) in [7, 11) is 0. The van der Waals surface area contributed by atoms with Gasteiger partial charge in [-0.1, -0.05) is 0 Å². The molecule has 0 spiro atoms. The number of carbonyl (C=O) groups excluding carboxylic acids is 3. The number of carbonyl (C=O) groups is 5. The number of carboxylic acid groups (broad SMARTS) is 2. The molecule has 1 aliphatic rings. The molecule has 1 fully saturated rings. The van der Waals surface area contributed by atoms with Crippen molar-refractivity contribution in [2.45, 2.75) is 43.4 Å². The SMILES string of the molecule is NC(CS)C(=O)NC(CO)C(=O)NC(CC(=O)O)C(=O)N1CCCC1C(=O)O. The summed E-state index contributed by atoms with van der Waals surface area (Å²) < 4.78 is 0. The van der Waals surface area contributed by atoms with E-state index in [9.17, 15) is 34.2 Å². The number of aliphatic hydroxyl groups excluding tert-OH is 1. The van der Waals surface area contributed by atoms with E-state index in [1.54, 1.807) is 0 Å². The summed E-state index contributed by atoms with van der Waals surface area (Å²) in [6.45, 7) is -0.717. The van der Waals surface area contributed by atoms with Crippen molar-refractivity contribution in [3.63, 3.8) is 0 Å². The van der Waals surface area contributed by atoms with E-state index in [2.05, 4.69) is 23.3 Å². The maximum Gasteiger partial charge on any atom is 0.326 e. The Bertz CT molecular complexity index is 631. The molecular weight excluding hydrogens is 396 g/mol. The first kappa shape index (κ1) is 23.7. The first-order valence-corrected chi connectivity index (χ1v) is 9.08. The van der Waals surface area contributed by atoms with Gasteiger partial charge in [0.05, 0.1) is 19.1 Å².